The predicted molar refractivity (Wildman–Crippen MR) is 92.6 cm³/mol. The maximum atomic E-state index is 12.4. The van der Waals surface area contributed by atoms with E-state index >= 15 is 0 Å². The van der Waals surface area contributed by atoms with E-state index in [-0.39, 0.29) is 11.7 Å². The van der Waals surface area contributed by atoms with Crippen molar-refractivity contribution >= 4 is 6.09 Å². The molecule has 2 aliphatic rings. The average molecular weight is 325 g/mol. The minimum atomic E-state index is -0.438. The lowest BCUT2D eigenvalue weighted by molar-refractivity contribution is -0.106. The average Bonchev–Trinajstić information content (AvgIpc) is 2.53. The molecule has 23 heavy (non-hydrogen) atoms. The molecule has 1 atom stereocenters. The zero-order valence-corrected chi connectivity index (χ0v) is 15.5. The van der Waals surface area contributed by atoms with Crippen molar-refractivity contribution in [2.24, 2.45) is 5.92 Å². The first-order valence-electron chi connectivity index (χ1n) is 9.45. The van der Waals surface area contributed by atoms with E-state index in [2.05, 4.69) is 6.92 Å². The molecule has 1 amide bonds. The Morgan fingerprint density at radius 3 is 2.48 bits per heavy atom. The molecule has 4 nitrogen and oxygen atoms in total. The van der Waals surface area contributed by atoms with Crippen LogP contribution in [0.15, 0.2) is 0 Å². The summed E-state index contributed by atoms with van der Waals surface area (Å²) in [5.74, 6) is 0.712. The number of hydrogen-bond donors (Lipinski definition) is 0. The van der Waals surface area contributed by atoms with Crippen LogP contribution in [0.3, 0.4) is 0 Å². The minimum absolute atomic E-state index is 0.174. The van der Waals surface area contributed by atoms with E-state index in [1.165, 1.54) is 32.1 Å². The van der Waals surface area contributed by atoms with Crippen LogP contribution in [-0.4, -0.2) is 41.9 Å². The number of carbonyl (C=O) groups is 1. The lowest BCUT2D eigenvalue weighted by atomic mass is 9.88. The van der Waals surface area contributed by atoms with E-state index in [4.69, 9.17) is 9.47 Å². The fraction of sp³-hybridized carbons (Fsp3) is 0.947. The normalized spacial score (nSPS) is 27.0. The molecule has 0 radical (unpaired) electrons. The van der Waals surface area contributed by atoms with E-state index in [9.17, 15) is 4.79 Å². The smallest absolute Gasteiger partial charge is 0.410 e. The standard InChI is InChI=1S/C19H35NO3/c1-5-19(22-14-16-10-7-6-8-11-16)12-9-13-20(15-19)17(21)23-18(2,3)4/h16H,5-15H2,1-4H3. The fourth-order valence-electron chi connectivity index (χ4n) is 3.74. The number of hydrogen-bond acceptors (Lipinski definition) is 3. The number of nitrogens with zero attached hydrogens (tertiary/aromatic N) is 1. The van der Waals surface area contributed by atoms with Crippen molar-refractivity contribution < 1.29 is 14.3 Å². The van der Waals surface area contributed by atoms with Gasteiger partial charge in [0.2, 0.25) is 0 Å². The van der Waals surface area contributed by atoms with Crippen molar-refractivity contribution in [1.82, 2.24) is 4.90 Å². The molecule has 0 aromatic rings. The molecule has 1 aliphatic heterocycles. The maximum Gasteiger partial charge on any atom is 0.410 e. The summed E-state index contributed by atoms with van der Waals surface area (Å²) in [5.41, 5.74) is -0.612. The number of likely N-dealkylation sites (tertiary alicyclic amines) is 1. The summed E-state index contributed by atoms with van der Waals surface area (Å²) in [4.78, 5) is 14.2. The van der Waals surface area contributed by atoms with Crippen LogP contribution < -0.4 is 0 Å². The first-order valence-corrected chi connectivity index (χ1v) is 9.45. The molecule has 1 unspecified atom stereocenters. The van der Waals surface area contributed by atoms with Crippen LogP contribution in [0.5, 0.6) is 0 Å². The first kappa shape index (κ1) is 18.6. The van der Waals surface area contributed by atoms with Crippen molar-refractivity contribution in [3.63, 3.8) is 0 Å². The molecule has 2 fully saturated rings. The third-order valence-electron chi connectivity index (χ3n) is 5.19. The van der Waals surface area contributed by atoms with Crippen LogP contribution in [0.2, 0.25) is 0 Å². The highest BCUT2D eigenvalue weighted by molar-refractivity contribution is 5.68. The molecule has 134 valence electrons. The summed E-state index contributed by atoms with van der Waals surface area (Å²) in [5, 5.41) is 0. The molecule has 0 aromatic heterocycles. The molecular weight excluding hydrogens is 290 g/mol. The summed E-state index contributed by atoms with van der Waals surface area (Å²) in [6.45, 7) is 10.2. The molecule has 1 saturated heterocycles. The van der Waals surface area contributed by atoms with Crippen LogP contribution in [0, 0.1) is 5.92 Å². The second kappa shape index (κ2) is 7.87. The molecule has 1 aliphatic carbocycles. The highest BCUT2D eigenvalue weighted by Crippen LogP contribution is 2.32. The van der Waals surface area contributed by atoms with Crippen molar-refractivity contribution in [2.45, 2.75) is 90.3 Å². The van der Waals surface area contributed by atoms with Gasteiger partial charge in [0.05, 0.1) is 18.8 Å². The monoisotopic (exact) mass is 325 g/mol. The topological polar surface area (TPSA) is 38.8 Å². The van der Waals surface area contributed by atoms with Crippen LogP contribution in [0.4, 0.5) is 4.79 Å². The maximum absolute atomic E-state index is 12.4. The van der Waals surface area contributed by atoms with Crippen LogP contribution in [0.25, 0.3) is 0 Å². The Labute approximate surface area is 141 Å². The lowest BCUT2D eigenvalue weighted by Gasteiger charge is -2.43. The summed E-state index contributed by atoms with van der Waals surface area (Å²) in [6.07, 6.45) is 9.48. The van der Waals surface area contributed by atoms with Crippen LogP contribution in [-0.2, 0) is 9.47 Å². The third kappa shape index (κ3) is 5.66. The summed E-state index contributed by atoms with van der Waals surface area (Å²) in [7, 11) is 0. The van der Waals surface area contributed by atoms with Crippen molar-refractivity contribution in [2.75, 3.05) is 19.7 Å². The van der Waals surface area contributed by atoms with E-state index in [0.717, 1.165) is 32.4 Å². The first-order chi connectivity index (χ1) is 10.8. The lowest BCUT2D eigenvalue weighted by Crippen LogP contribution is -2.53. The molecule has 0 spiro atoms. The van der Waals surface area contributed by atoms with E-state index in [0.29, 0.717) is 12.5 Å². The molecule has 1 heterocycles. The molecule has 4 heteroatoms. The Balaban J connectivity index is 1.90. The van der Waals surface area contributed by atoms with Crippen LogP contribution >= 0.6 is 0 Å². The van der Waals surface area contributed by atoms with Gasteiger partial charge in [-0.15, -0.1) is 0 Å². The van der Waals surface area contributed by atoms with E-state index < -0.39 is 5.60 Å². The van der Waals surface area contributed by atoms with E-state index in [1.54, 1.807) is 0 Å². The zero-order valence-electron chi connectivity index (χ0n) is 15.5. The Morgan fingerprint density at radius 2 is 1.87 bits per heavy atom. The van der Waals surface area contributed by atoms with Crippen molar-refractivity contribution in [3.8, 4) is 0 Å². The second-order valence-corrected chi connectivity index (χ2v) is 8.36. The van der Waals surface area contributed by atoms with Gasteiger partial charge in [0.25, 0.3) is 0 Å². The molecule has 0 N–H and O–H groups in total. The summed E-state index contributed by atoms with van der Waals surface area (Å²) < 4.78 is 12.0. The molecular formula is C19H35NO3. The molecule has 2 rings (SSSR count). The van der Waals surface area contributed by atoms with Gasteiger partial charge in [0.15, 0.2) is 0 Å². The fourth-order valence-corrected chi connectivity index (χ4v) is 3.74. The minimum Gasteiger partial charge on any atom is -0.444 e. The summed E-state index contributed by atoms with van der Waals surface area (Å²) in [6, 6.07) is 0. The van der Waals surface area contributed by atoms with Gasteiger partial charge in [0.1, 0.15) is 5.60 Å². The van der Waals surface area contributed by atoms with Gasteiger partial charge in [-0.05, 0) is 58.8 Å². The van der Waals surface area contributed by atoms with Gasteiger partial charge < -0.3 is 14.4 Å². The van der Waals surface area contributed by atoms with Gasteiger partial charge in [0, 0.05) is 6.54 Å². The highest BCUT2D eigenvalue weighted by atomic mass is 16.6. The van der Waals surface area contributed by atoms with Crippen molar-refractivity contribution in [1.29, 1.82) is 0 Å². The Hall–Kier alpha value is -0.770. The number of ether oxygens (including phenoxy) is 2. The Kier molecular flexibility index (Phi) is 6.35. The molecule has 0 bridgehead atoms. The van der Waals surface area contributed by atoms with Gasteiger partial charge in [-0.3, -0.25) is 0 Å². The van der Waals surface area contributed by atoms with Crippen molar-refractivity contribution in [3.05, 3.63) is 0 Å². The van der Waals surface area contributed by atoms with Gasteiger partial charge in [-0.1, -0.05) is 26.2 Å². The molecule has 1 saturated carbocycles. The second-order valence-electron chi connectivity index (χ2n) is 8.36. The van der Waals surface area contributed by atoms with Crippen LogP contribution in [0.1, 0.15) is 79.1 Å². The van der Waals surface area contributed by atoms with Gasteiger partial charge >= 0.3 is 6.09 Å². The quantitative estimate of drug-likeness (QED) is 0.748. The van der Waals surface area contributed by atoms with Gasteiger partial charge in [-0.2, -0.15) is 0 Å². The SMILES string of the molecule is CCC1(OCC2CCCCC2)CCCN(C(=O)OC(C)(C)C)C1. The summed E-state index contributed by atoms with van der Waals surface area (Å²) >= 11 is 0. The Bertz CT molecular complexity index is 385. The van der Waals surface area contributed by atoms with Gasteiger partial charge in [-0.25, -0.2) is 4.79 Å². The number of piperidine rings is 1. The molecule has 0 aromatic carbocycles. The number of carbonyl (C=O) groups excluding carboxylic acids is 1. The Morgan fingerprint density at radius 1 is 1.17 bits per heavy atom. The zero-order chi connectivity index (χ0) is 16.9. The third-order valence-corrected chi connectivity index (χ3v) is 5.19. The predicted octanol–water partition coefficient (Wildman–Crippen LogP) is 4.76. The number of rotatable bonds is 4. The largest absolute Gasteiger partial charge is 0.444 e. The number of amides is 1. The van der Waals surface area contributed by atoms with E-state index in [1.807, 2.05) is 25.7 Å². The highest BCUT2D eigenvalue weighted by Gasteiger charge is 2.38.